The van der Waals surface area contributed by atoms with Gasteiger partial charge in [-0.1, -0.05) is 26.0 Å². The van der Waals surface area contributed by atoms with Gasteiger partial charge in [-0.05, 0) is 25.7 Å². The summed E-state index contributed by atoms with van der Waals surface area (Å²) in [7, 11) is 1.83. The van der Waals surface area contributed by atoms with Gasteiger partial charge >= 0.3 is 0 Å². The summed E-state index contributed by atoms with van der Waals surface area (Å²) >= 11 is 0. The maximum absolute atomic E-state index is 5.47. The molecular weight excluding hydrogens is 403 g/mol. The van der Waals surface area contributed by atoms with Gasteiger partial charge in [-0.25, -0.2) is 0 Å². The lowest BCUT2D eigenvalue weighted by molar-refractivity contribution is 0.0132. The number of allylic oxidation sites excluding steroid dienone is 1. The third-order valence-electron chi connectivity index (χ3n) is 3.87. The van der Waals surface area contributed by atoms with Crippen LogP contribution in [-0.2, 0) is 4.74 Å². The van der Waals surface area contributed by atoms with Crippen LogP contribution in [0, 0.1) is 5.92 Å². The molecule has 1 aliphatic heterocycles. The fourth-order valence-corrected chi connectivity index (χ4v) is 2.72. The second-order valence-corrected chi connectivity index (χ2v) is 6.17. The van der Waals surface area contributed by atoms with Crippen molar-refractivity contribution in [1.29, 1.82) is 0 Å². The van der Waals surface area contributed by atoms with Gasteiger partial charge in [0, 0.05) is 39.3 Å². The highest BCUT2D eigenvalue weighted by Gasteiger charge is 2.21. The van der Waals surface area contributed by atoms with Gasteiger partial charge in [0.25, 0.3) is 0 Å². The van der Waals surface area contributed by atoms with Crippen LogP contribution in [0.5, 0.6) is 0 Å². The van der Waals surface area contributed by atoms with Crippen molar-refractivity contribution >= 4 is 29.9 Å². The van der Waals surface area contributed by atoms with E-state index in [1.807, 2.05) is 14.0 Å². The second-order valence-electron chi connectivity index (χ2n) is 6.17. The molecule has 1 fully saturated rings. The van der Waals surface area contributed by atoms with Crippen molar-refractivity contribution in [2.24, 2.45) is 10.9 Å². The molecule has 23 heavy (non-hydrogen) atoms. The fraction of sp³-hybridized carbons (Fsp3) is 0.824. The molecule has 0 amide bonds. The lowest BCUT2D eigenvalue weighted by atomic mass is 10.0. The molecule has 0 aromatic carbocycles. The minimum atomic E-state index is 0. The first-order valence-electron chi connectivity index (χ1n) is 8.54. The molecule has 0 aliphatic carbocycles. The molecule has 0 aromatic heterocycles. The molecule has 1 rings (SSSR count). The van der Waals surface area contributed by atoms with Gasteiger partial charge in [-0.2, -0.15) is 0 Å². The van der Waals surface area contributed by atoms with Crippen molar-refractivity contribution in [2.45, 2.75) is 39.7 Å². The average molecular weight is 438 g/mol. The molecule has 0 saturated carbocycles. The highest BCUT2D eigenvalue weighted by atomic mass is 127. The van der Waals surface area contributed by atoms with Crippen molar-refractivity contribution in [2.75, 3.05) is 46.4 Å². The van der Waals surface area contributed by atoms with E-state index >= 15 is 0 Å². The zero-order valence-electron chi connectivity index (χ0n) is 15.2. The van der Waals surface area contributed by atoms with Crippen LogP contribution in [0.25, 0.3) is 0 Å². The van der Waals surface area contributed by atoms with Crippen LogP contribution in [0.4, 0.5) is 0 Å². The first-order chi connectivity index (χ1) is 10.7. The topological polar surface area (TPSA) is 48.9 Å². The van der Waals surface area contributed by atoms with Crippen molar-refractivity contribution in [3.05, 3.63) is 12.2 Å². The zero-order chi connectivity index (χ0) is 16.2. The Morgan fingerprint density at radius 2 is 1.96 bits per heavy atom. The highest BCUT2D eigenvalue weighted by molar-refractivity contribution is 14.0. The number of morpholine rings is 1. The summed E-state index contributed by atoms with van der Waals surface area (Å²) in [4.78, 5) is 6.85. The summed E-state index contributed by atoms with van der Waals surface area (Å²) in [6.07, 6.45) is 6.46. The Morgan fingerprint density at radius 1 is 1.26 bits per heavy atom. The molecule has 0 bridgehead atoms. The molecule has 1 heterocycles. The number of nitrogens with zero attached hydrogens (tertiary/aromatic N) is 2. The van der Waals surface area contributed by atoms with E-state index in [0.29, 0.717) is 12.0 Å². The average Bonchev–Trinajstić information content (AvgIpc) is 2.53. The van der Waals surface area contributed by atoms with Gasteiger partial charge in [0.15, 0.2) is 5.96 Å². The van der Waals surface area contributed by atoms with Crippen LogP contribution in [-0.4, -0.2) is 63.3 Å². The summed E-state index contributed by atoms with van der Waals surface area (Å²) in [6.45, 7) is 12.2. The third kappa shape index (κ3) is 10.2. The number of hydrogen-bond acceptors (Lipinski definition) is 3. The van der Waals surface area contributed by atoms with Crippen LogP contribution in [0.2, 0.25) is 0 Å². The Labute approximate surface area is 159 Å². The number of aliphatic imine (C=N–C) groups is 1. The molecule has 0 spiro atoms. The smallest absolute Gasteiger partial charge is 0.191 e. The molecular formula is C17H35IN4O. The maximum atomic E-state index is 5.47. The normalized spacial score (nSPS) is 18.0. The van der Waals surface area contributed by atoms with E-state index < -0.39 is 0 Å². The number of hydrogen-bond donors (Lipinski definition) is 2. The molecule has 1 aliphatic rings. The standard InChI is InChI=1S/C17H34N4O.HI/c1-5-6-7-8-19-17(18-4)20-14-16(13-15(2)3)21-9-11-22-12-10-21;/h5-6,15-16H,7-14H2,1-4H3,(H2,18,19,20);1H. The van der Waals surface area contributed by atoms with E-state index in [0.717, 1.165) is 51.8 Å². The first-order valence-corrected chi connectivity index (χ1v) is 8.54. The highest BCUT2D eigenvalue weighted by Crippen LogP contribution is 2.12. The molecule has 1 atom stereocenters. The van der Waals surface area contributed by atoms with E-state index in [4.69, 9.17) is 4.74 Å². The van der Waals surface area contributed by atoms with Gasteiger partial charge in [-0.15, -0.1) is 24.0 Å². The third-order valence-corrected chi connectivity index (χ3v) is 3.87. The van der Waals surface area contributed by atoms with E-state index in [1.165, 1.54) is 6.42 Å². The fourth-order valence-electron chi connectivity index (χ4n) is 2.72. The summed E-state index contributed by atoms with van der Waals surface area (Å²) in [5.41, 5.74) is 0. The number of rotatable bonds is 8. The number of guanidine groups is 1. The molecule has 5 nitrogen and oxygen atoms in total. The monoisotopic (exact) mass is 438 g/mol. The summed E-state index contributed by atoms with van der Waals surface area (Å²) < 4.78 is 5.47. The molecule has 2 N–H and O–H groups in total. The molecule has 0 aromatic rings. The Kier molecular flexibility index (Phi) is 13.8. The molecule has 136 valence electrons. The molecule has 1 unspecified atom stereocenters. The predicted molar refractivity (Wildman–Crippen MR) is 110 cm³/mol. The van der Waals surface area contributed by atoms with Crippen LogP contribution in [0.1, 0.15) is 33.6 Å². The Morgan fingerprint density at radius 3 is 2.52 bits per heavy atom. The lowest BCUT2D eigenvalue weighted by Gasteiger charge is -2.35. The van der Waals surface area contributed by atoms with Crippen molar-refractivity contribution in [3.63, 3.8) is 0 Å². The molecule has 0 radical (unpaired) electrons. The maximum Gasteiger partial charge on any atom is 0.191 e. The van der Waals surface area contributed by atoms with Crippen molar-refractivity contribution in [1.82, 2.24) is 15.5 Å². The van der Waals surface area contributed by atoms with E-state index in [1.54, 1.807) is 0 Å². The Hall–Kier alpha value is -0.340. The van der Waals surface area contributed by atoms with Crippen LogP contribution < -0.4 is 10.6 Å². The first kappa shape index (κ1) is 22.7. The summed E-state index contributed by atoms with van der Waals surface area (Å²) in [5.74, 6) is 1.59. The second kappa shape index (κ2) is 14.0. The van der Waals surface area contributed by atoms with Crippen LogP contribution in [0.15, 0.2) is 17.1 Å². The number of nitrogens with one attached hydrogen (secondary N) is 2. The van der Waals surface area contributed by atoms with E-state index in [2.05, 4.69) is 46.5 Å². The summed E-state index contributed by atoms with van der Waals surface area (Å²) in [6, 6.07) is 0.540. The molecule has 1 saturated heterocycles. The van der Waals surface area contributed by atoms with Gasteiger partial charge < -0.3 is 15.4 Å². The van der Waals surface area contributed by atoms with Gasteiger partial charge in [0.05, 0.1) is 13.2 Å². The van der Waals surface area contributed by atoms with E-state index in [9.17, 15) is 0 Å². The number of ether oxygens (including phenoxy) is 1. The SMILES string of the molecule is CC=CCCNC(=NC)NCC(CC(C)C)N1CCOCC1.I. The Balaban J connectivity index is 0.00000484. The van der Waals surface area contributed by atoms with E-state index in [-0.39, 0.29) is 24.0 Å². The van der Waals surface area contributed by atoms with Crippen LogP contribution in [0.3, 0.4) is 0 Å². The minimum absolute atomic E-state index is 0. The van der Waals surface area contributed by atoms with Gasteiger partial charge in [0.2, 0.25) is 0 Å². The van der Waals surface area contributed by atoms with Crippen molar-refractivity contribution in [3.8, 4) is 0 Å². The summed E-state index contributed by atoms with van der Waals surface area (Å²) in [5, 5.41) is 6.84. The van der Waals surface area contributed by atoms with Crippen LogP contribution >= 0.6 is 24.0 Å². The quantitative estimate of drug-likeness (QED) is 0.201. The largest absolute Gasteiger partial charge is 0.379 e. The van der Waals surface area contributed by atoms with Gasteiger partial charge in [-0.3, -0.25) is 9.89 Å². The van der Waals surface area contributed by atoms with Crippen molar-refractivity contribution < 1.29 is 4.74 Å². The minimum Gasteiger partial charge on any atom is -0.379 e. The predicted octanol–water partition coefficient (Wildman–Crippen LogP) is 2.48. The lowest BCUT2D eigenvalue weighted by Crippen LogP contribution is -2.51. The Bertz CT molecular complexity index is 341. The molecule has 6 heteroatoms. The number of halogens is 1. The zero-order valence-corrected chi connectivity index (χ0v) is 17.5. The van der Waals surface area contributed by atoms with Gasteiger partial charge in [0.1, 0.15) is 0 Å².